The molecule has 0 aliphatic rings. The maximum atomic E-state index is 12.2. The summed E-state index contributed by atoms with van der Waals surface area (Å²) in [5.41, 5.74) is 0.512. The lowest BCUT2D eigenvalue weighted by Gasteiger charge is -2.09. The second kappa shape index (κ2) is 6.34. The highest BCUT2D eigenvalue weighted by atomic mass is 16.3. The number of carbonyl (C=O) groups is 1. The summed E-state index contributed by atoms with van der Waals surface area (Å²) >= 11 is 0. The van der Waals surface area contributed by atoms with Crippen LogP contribution in [-0.4, -0.2) is 28.6 Å². The van der Waals surface area contributed by atoms with Gasteiger partial charge in [-0.25, -0.2) is 0 Å². The summed E-state index contributed by atoms with van der Waals surface area (Å²) in [5, 5.41) is 12.6. The van der Waals surface area contributed by atoms with E-state index in [-0.39, 0.29) is 11.0 Å². The first-order valence-corrected chi connectivity index (χ1v) is 6.70. The Balaban J connectivity index is 2.14. The summed E-state index contributed by atoms with van der Waals surface area (Å²) in [6, 6.07) is 7.06. The number of benzene rings is 1. The number of aliphatic hydroxyl groups excluding tert-OH is 1. The molecule has 1 heterocycles. The van der Waals surface area contributed by atoms with Crippen LogP contribution in [0.15, 0.2) is 35.3 Å². The number of fused-ring (bicyclic) bond motifs is 1. The molecule has 3 N–H and O–H groups in total. The van der Waals surface area contributed by atoms with Crippen LogP contribution in [0, 0.1) is 0 Å². The standard InChI is InChI=1S/C15H18N2O3/c1-2-10(18)7-8-16-15(20)12-9-17-13-6-4-3-5-11(13)14(12)19/h3-6,9-10,18H,2,7-8H2,1H3,(H,16,20)(H,17,19). The van der Waals surface area contributed by atoms with Gasteiger partial charge in [-0.05, 0) is 25.0 Å². The van der Waals surface area contributed by atoms with E-state index in [1.54, 1.807) is 18.2 Å². The molecule has 1 atom stereocenters. The highest BCUT2D eigenvalue weighted by molar-refractivity contribution is 5.97. The van der Waals surface area contributed by atoms with Crippen molar-refractivity contribution in [2.24, 2.45) is 0 Å². The first-order valence-electron chi connectivity index (χ1n) is 6.70. The summed E-state index contributed by atoms with van der Waals surface area (Å²) in [5.74, 6) is -0.416. The molecule has 0 radical (unpaired) electrons. The fourth-order valence-corrected chi connectivity index (χ4v) is 1.99. The molecule has 20 heavy (non-hydrogen) atoms. The molecule has 5 heteroatoms. The normalized spacial score (nSPS) is 12.3. The topological polar surface area (TPSA) is 82.2 Å². The van der Waals surface area contributed by atoms with Crippen molar-refractivity contribution in [3.63, 3.8) is 0 Å². The molecule has 0 aliphatic carbocycles. The number of para-hydroxylation sites is 1. The van der Waals surface area contributed by atoms with Crippen molar-refractivity contribution in [2.45, 2.75) is 25.9 Å². The average Bonchev–Trinajstić information content (AvgIpc) is 2.47. The van der Waals surface area contributed by atoms with Crippen LogP contribution >= 0.6 is 0 Å². The van der Waals surface area contributed by atoms with Crippen LogP contribution in [-0.2, 0) is 0 Å². The van der Waals surface area contributed by atoms with Crippen molar-refractivity contribution < 1.29 is 9.90 Å². The minimum atomic E-state index is -0.426. The molecule has 1 amide bonds. The Labute approximate surface area is 116 Å². The molecule has 1 aromatic heterocycles. The molecule has 0 bridgehead atoms. The van der Waals surface area contributed by atoms with Crippen molar-refractivity contribution in [1.82, 2.24) is 10.3 Å². The van der Waals surface area contributed by atoms with Gasteiger partial charge in [0.15, 0.2) is 0 Å². The van der Waals surface area contributed by atoms with Gasteiger partial charge in [-0.3, -0.25) is 9.59 Å². The number of rotatable bonds is 5. The maximum Gasteiger partial charge on any atom is 0.256 e. The Bertz CT molecular complexity index is 663. The number of aromatic amines is 1. The third kappa shape index (κ3) is 3.05. The zero-order valence-electron chi connectivity index (χ0n) is 11.3. The van der Waals surface area contributed by atoms with E-state index in [0.717, 1.165) is 0 Å². The van der Waals surface area contributed by atoms with Gasteiger partial charge < -0.3 is 15.4 Å². The Morgan fingerprint density at radius 2 is 2.15 bits per heavy atom. The Kier molecular flexibility index (Phi) is 4.53. The maximum absolute atomic E-state index is 12.2. The van der Waals surface area contributed by atoms with Gasteiger partial charge in [-0.1, -0.05) is 19.1 Å². The van der Waals surface area contributed by atoms with Gasteiger partial charge in [0.1, 0.15) is 5.56 Å². The van der Waals surface area contributed by atoms with Crippen LogP contribution in [0.4, 0.5) is 0 Å². The number of H-pyrrole nitrogens is 1. The Morgan fingerprint density at radius 3 is 2.90 bits per heavy atom. The number of amides is 1. The summed E-state index contributed by atoms with van der Waals surface area (Å²) in [6.45, 7) is 2.22. The Morgan fingerprint density at radius 1 is 1.40 bits per heavy atom. The first kappa shape index (κ1) is 14.3. The molecule has 5 nitrogen and oxygen atoms in total. The predicted octanol–water partition coefficient (Wildman–Crippen LogP) is 1.42. The second-order valence-electron chi connectivity index (χ2n) is 4.68. The van der Waals surface area contributed by atoms with E-state index < -0.39 is 12.0 Å². The van der Waals surface area contributed by atoms with Gasteiger partial charge in [0.05, 0.1) is 6.10 Å². The number of hydrogen-bond acceptors (Lipinski definition) is 3. The molecule has 2 aromatic rings. The summed E-state index contributed by atoms with van der Waals surface area (Å²) in [4.78, 5) is 27.1. The van der Waals surface area contributed by atoms with Crippen LogP contribution in [0.3, 0.4) is 0 Å². The lowest BCUT2D eigenvalue weighted by atomic mass is 10.1. The third-order valence-electron chi connectivity index (χ3n) is 3.27. The van der Waals surface area contributed by atoms with E-state index in [9.17, 15) is 14.7 Å². The van der Waals surface area contributed by atoms with E-state index in [0.29, 0.717) is 30.3 Å². The lowest BCUT2D eigenvalue weighted by molar-refractivity contribution is 0.0941. The molecule has 0 saturated heterocycles. The lowest BCUT2D eigenvalue weighted by Crippen LogP contribution is -2.31. The van der Waals surface area contributed by atoms with Gasteiger partial charge >= 0.3 is 0 Å². The van der Waals surface area contributed by atoms with Gasteiger partial charge in [0.25, 0.3) is 5.91 Å². The first-order chi connectivity index (χ1) is 9.63. The number of hydrogen-bond donors (Lipinski definition) is 3. The number of pyridine rings is 1. The van der Waals surface area contributed by atoms with E-state index >= 15 is 0 Å². The molecule has 0 fully saturated rings. The highest BCUT2D eigenvalue weighted by Crippen LogP contribution is 2.07. The van der Waals surface area contributed by atoms with Crippen molar-refractivity contribution in [1.29, 1.82) is 0 Å². The summed E-state index contributed by atoms with van der Waals surface area (Å²) in [6.07, 6.45) is 2.13. The van der Waals surface area contributed by atoms with Gasteiger partial charge in [-0.15, -0.1) is 0 Å². The van der Waals surface area contributed by atoms with Gasteiger partial charge in [0, 0.05) is 23.6 Å². The molecule has 0 spiro atoms. The molecule has 106 valence electrons. The van der Waals surface area contributed by atoms with Crippen LogP contribution in [0.5, 0.6) is 0 Å². The monoisotopic (exact) mass is 274 g/mol. The number of aromatic nitrogens is 1. The van der Waals surface area contributed by atoms with E-state index in [1.165, 1.54) is 6.20 Å². The fourth-order valence-electron chi connectivity index (χ4n) is 1.99. The van der Waals surface area contributed by atoms with Gasteiger partial charge in [0.2, 0.25) is 5.43 Å². The van der Waals surface area contributed by atoms with Crippen LogP contribution in [0.2, 0.25) is 0 Å². The molecule has 0 aliphatic heterocycles. The number of carbonyl (C=O) groups excluding carboxylic acids is 1. The molecule has 1 unspecified atom stereocenters. The van der Waals surface area contributed by atoms with E-state index in [2.05, 4.69) is 10.3 Å². The minimum absolute atomic E-state index is 0.0923. The molecular formula is C15H18N2O3. The average molecular weight is 274 g/mol. The third-order valence-corrected chi connectivity index (χ3v) is 3.27. The summed E-state index contributed by atoms with van der Waals surface area (Å²) < 4.78 is 0. The predicted molar refractivity (Wildman–Crippen MR) is 77.8 cm³/mol. The van der Waals surface area contributed by atoms with Crippen LogP contribution < -0.4 is 10.7 Å². The van der Waals surface area contributed by atoms with Gasteiger partial charge in [-0.2, -0.15) is 0 Å². The van der Waals surface area contributed by atoms with Crippen LogP contribution in [0.25, 0.3) is 10.9 Å². The van der Waals surface area contributed by atoms with Crippen molar-refractivity contribution in [2.75, 3.05) is 6.54 Å². The Hall–Kier alpha value is -2.14. The number of nitrogens with one attached hydrogen (secondary N) is 2. The quantitative estimate of drug-likeness (QED) is 0.771. The zero-order valence-corrected chi connectivity index (χ0v) is 11.3. The molecular weight excluding hydrogens is 256 g/mol. The van der Waals surface area contributed by atoms with Crippen molar-refractivity contribution in [3.05, 3.63) is 46.2 Å². The van der Waals surface area contributed by atoms with E-state index in [4.69, 9.17) is 0 Å². The molecule has 0 saturated carbocycles. The molecule has 2 rings (SSSR count). The smallest absolute Gasteiger partial charge is 0.256 e. The fraction of sp³-hybridized carbons (Fsp3) is 0.333. The zero-order chi connectivity index (χ0) is 14.5. The second-order valence-corrected chi connectivity index (χ2v) is 4.68. The summed E-state index contributed by atoms with van der Waals surface area (Å²) in [7, 11) is 0. The van der Waals surface area contributed by atoms with Crippen LogP contribution in [0.1, 0.15) is 30.1 Å². The molecule has 1 aromatic carbocycles. The van der Waals surface area contributed by atoms with Crippen molar-refractivity contribution in [3.8, 4) is 0 Å². The van der Waals surface area contributed by atoms with E-state index in [1.807, 2.05) is 13.0 Å². The SMILES string of the molecule is CCC(O)CCNC(=O)c1c[nH]c2ccccc2c1=O. The largest absolute Gasteiger partial charge is 0.393 e. The number of aliphatic hydroxyl groups is 1. The van der Waals surface area contributed by atoms with Crippen molar-refractivity contribution >= 4 is 16.8 Å². The minimum Gasteiger partial charge on any atom is -0.393 e. The highest BCUT2D eigenvalue weighted by Gasteiger charge is 2.12.